The summed E-state index contributed by atoms with van der Waals surface area (Å²) < 4.78 is 26.2. The number of ether oxygens (including phenoxy) is 2. The van der Waals surface area contributed by atoms with Crippen LogP contribution in [-0.4, -0.2) is 40.2 Å². The maximum Gasteiger partial charge on any atom is 0.524 e. The molecule has 10 heteroatoms. The number of methoxy groups -OCH3 is 2. The third kappa shape index (κ3) is 5.66. The molecule has 1 rings (SSSR count). The van der Waals surface area contributed by atoms with E-state index in [1.807, 2.05) is 0 Å². The van der Waals surface area contributed by atoms with Gasteiger partial charge in [0.15, 0.2) is 11.5 Å². The number of carbonyl (C=O) groups is 1. The van der Waals surface area contributed by atoms with Crippen molar-refractivity contribution in [3.63, 3.8) is 0 Å². The zero-order valence-electron chi connectivity index (χ0n) is 15.0. The standard InChI is InChI=1S/C16H23O9P/c1-9(6-8-12(17)18)5-7-11-10(2)14(25-26(20,21)22)16(24-4)15(23-3)13(11)19/h5,19H,6-8H2,1-4H3,(H,17,18)(H2,20,21,22). The number of hydrogen-bond donors (Lipinski definition) is 4. The predicted molar refractivity (Wildman–Crippen MR) is 93.0 cm³/mol. The summed E-state index contributed by atoms with van der Waals surface area (Å²) >= 11 is 0. The maximum absolute atomic E-state index is 11.3. The first-order valence-corrected chi connectivity index (χ1v) is 9.13. The Balaban J connectivity index is 3.39. The Morgan fingerprint density at radius 1 is 1.12 bits per heavy atom. The first-order valence-electron chi connectivity index (χ1n) is 7.60. The molecule has 1 aromatic rings. The van der Waals surface area contributed by atoms with Crippen molar-refractivity contribution < 1.29 is 43.4 Å². The molecule has 0 heterocycles. The summed E-state index contributed by atoms with van der Waals surface area (Å²) in [4.78, 5) is 28.9. The molecule has 146 valence electrons. The summed E-state index contributed by atoms with van der Waals surface area (Å²) in [7, 11) is -2.36. The highest BCUT2D eigenvalue weighted by Gasteiger charge is 2.28. The Morgan fingerprint density at radius 2 is 1.69 bits per heavy atom. The number of phenolic OH excluding ortho intramolecular Hbond substituents is 1. The number of hydrogen-bond acceptors (Lipinski definition) is 6. The highest BCUT2D eigenvalue weighted by atomic mass is 31.2. The van der Waals surface area contributed by atoms with E-state index in [1.165, 1.54) is 21.1 Å². The largest absolute Gasteiger partial charge is 0.524 e. The molecule has 4 N–H and O–H groups in total. The fraction of sp³-hybridized carbons (Fsp3) is 0.438. The van der Waals surface area contributed by atoms with Gasteiger partial charge in [-0.3, -0.25) is 14.6 Å². The van der Waals surface area contributed by atoms with Crippen molar-refractivity contribution in [2.45, 2.75) is 33.1 Å². The molecule has 0 aromatic heterocycles. The smallest absolute Gasteiger partial charge is 0.504 e. The first kappa shape index (κ1) is 21.8. The second kappa shape index (κ2) is 8.93. The molecule has 0 aliphatic heterocycles. The molecule has 0 unspecified atom stereocenters. The van der Waals surface area contributed by atoms with Gasteiger partial charge in [0.25, 0.3) is 0 Å². The Kier molecular flexibility index (Phi) is 7.50. The van der Waals surface area contributed by atoms with E-state index >= 15 is 0 Å². The number of phenols is 1. The zero-order valence-corrected chi connectivity index (χ0v) is 15.9. The summed E-state index contributed by atoms with van der Waals surface area (Å²) in [5.41, 5.74) is 1.38. The molecular weight excluding hydrogens is 367 g/mol. The van der Waals surface area contributed by atoms with E-state index < -0.39 is 13.8 Å². The Morgan fingerprint density at radius 3 is 2.15 bits per heavy atom. The van der Waals surface area contributed by atoms with Crippen molar-refractivity contribution in [2.24, 2.45) is 0 Å². The van der Waals surface area contributed by atoms with Gasteiger partial charge >= 0.3 is 13.8 Å². The molecule has 0 spiro atoms. The van der Waals surface area contributed by atoms with Crippen LogP contribution in [0.4, 0.5) is 0 Å². The van der Waals surface area contributed by atoms with Gasteiger partial charge in [0.2, 0.25) is 11.5 Å². The highest BCUT2D eigenvalue weighted by Crippen LogP contribution is 2.53. The van der Waals surface area contributed by atoms with Gasteiger partial charge in [-0.05, 0) is 26.7 Å². The summed E-state index contributed by atoms with van der Waals surface area (Å²) in [6, 6.07) is 0. The van der Waals surface area contributed by atoms with Crippen molar-refractivity contribution in [1.29, 1.82) is 0 Å². The zero-order chi connectivity index (χ0) is 20.1. The molecule has 26 heavy (non-hydrogen) atoms. The summed E-state index contributed by atoms with van der Waals surface area (Å²) in [6.45, 7) is 3.27. The molecular formula is C16H23O9P. The third-order valence-electron chi connectivity index (χ3n) is 3.71. The highest BCUT2D eigenvalue weighted by molar-refractivity contribution is 7.46. The third-order valence-corrected chi connectivity index (χ3v) is 4.13. The summed E-state index contributed by atoms with van der Waals surface area (Å²) in [5, 5.41) is 19.2. The van der Waals surface area contributed by atoms with E-state index in [4.69, 9.17) is 28.9 Å². The lowest BCUT2D eigenvalue weighted by Crippen LogP contribution is -2.03. The van der Waals surface area contributed by atoms with E-state index in [9.17, 15) is 14.5 Å². The number of phosphoric ester groups is 1. The first-order chi connectivity index (χ1) is 12.0. The minimum Gasteiger partial charge on any atom is -0.504 e. The van der Waals surface area contributed by atoms with Crippen LogP contribution in [0.5, 0.6) is 23.0 Å². The summed E-state index contributed by atoms with van der Waals surface area (Å²) in [5.74, 6) is -1.65. The second-order valence-corrected chi connectivity index (χ2v) is 6.74. The van der Waals surface area contributed by atoms with Crippen LogP contribution in [-0.2, 0) is 15.8 Å². The lowest BCUT2D eigenvalue weighted by Gasteiger charge is -2.20. The number of benzene rings is 1. The van der Waals surface area contributed by atoms with E-state index in [2.05, 4.69) is 0 Å². The normalized spacial score (nSPS) is 12.0. The van der Waals surface area contributed by atoms with Gasteiger partial charge in [0.05, 0.1) is 14.2 Å². The molecule has 0 fully saturated rings. The van der Waals surface area contributed by atoms with Crippen LogP contribution in [0.1, 0.15) is 30.9 Å². The van der Waals surface area contributed by atoms with Gasteiger partial charge in [-0.15, -0.1) is 0 Å². The van der Waals surface area contributed by atoms with Crippen molar-refractivity contribution in [3.05, 3.63) is 22.8 Å². The fourth-order valence-electron chi connectivity index (χ4n) is 2.37. The molecule has 0 aliphatic carbocycles. The molecule has 0 saturated heterocycles. The van der Waals surface area contributed by atoms with Gasteiger partial charge < -0.3 is 24.2 Å². The van der Waals surface area contributed by atoms with E-state index in [-0.39, 0.29) is 41.4 Å². The number of carboxylic acids is 1. The van der Waals surface area contributed by atoms with E-state index in [1.54, 1.807) is 13.0 Å². The molecule has 0 amide bonds. The average Bonchev–Trinajstić information content (AvgIpc) is 2.53. The van der Waals surface area contributed by atoms with Crippen LogP contribution >= 0.6 is 7.82 Å². The van der Waals surface area contributed by atoms with Gasteiger partial charge in [-0.1, -0.05) is 11.6 Å². The van der Waals surface area contributed by atoms with Crippen molar-refractivity contribution in [2.75, 3.05) is 14.2 Å². The Hall–Kier alpha value is -2.22. The lowest BCUT2D eigenvalue weighted by atomic mass is 9.99. The quantitative estimate of drug-likeness (QED) is 0.369. The SMILES string of the molecule is COc1c(O)c(CC=C(C)CCC(=O)O)c(C)c(OP(=O)(O)O)c1OC. The van der Waals surface area contributed by atoms with Crippen LogP contribution in [0.25, 0.3) is 0 Å². The number of aromatic hydroxyl groups is 1. The van der Waals surface area contributed by atoms with Crippen molar-refractivity contribution in [1.82, 2.24) is 0 Å². The predicted octanol–water partition coefficient (Wildman–Crippen LogP) is 2.54. The molecule has 0 atom stereocenters. The van der Waals surface area contributed by atoms with E-state index in [0.29, 0.717) is 12.0 Å². The van der Waals surface area contributed by atoms with Crippen LogP contribution < -0.4 is 14.0 Å². The monoisotopic (exact) mass is 390 g/mol. The minimum atomic E-state index is -4.88. The maximum atomic E-state index is 11.3. The molecule has 0 bridgehead atoms. The topological polar surface area (TPSA) is 143 Å². The van der Waals surface area contributed by atoms with Gasteiger partial charge in [-0.25, -0.2) is 4.57 Å². The molecule has 0 radical (unpaired) electrons. The van der Waals surface area contributed by atoms with Crippen molar-refractivity contribution >= 4 is 13.8 Å². The number of phosphoric acid groups is 1. The van der Waals surface area contributed by atoms with Crippen molar-refractivity contribution in [3.8, 4) is 23.0 Å². The molecule has 1 aromatic carbocycles. The van der Waals surface area contributed by atoms with E-state index in [0.717, 1.165) is 5.57 Å². The summed E-state index contributed by atoms with van der Waals surface area (Å²) in [6.07, 6.45) is 2.22. The Bertz CT molecular complexity index is 749. The Labute approximate surface area is 151 Å². The average molecular weight is 390 g/mol. The van der Waals surface area contributed by atoms with Gasteiger partial charge in [0.1, 0.15) is 0 Å². The number of allylic oxidation sites excluding steroid dienone is 2. The number of carboxylic acid groups (broad SMARTS) is 1. The minimum absolute atomic E-state index is 0.0220. The second-order valence-electron chi connectivity index (χ2n) is 5.58. The van der Waals surface area contributed by atoms with Crippen LogP contribution in [0, 0.1) is 6.92 Å². The number of aliphatic carboxylic acids is 1. The lowest BCUT2D eigenvalue weighted by molar-refractivity contribution is -0.136. The molecule has 9 nitrogen and oxygen atoms in total. The van der Waals surface area contributed by atoms with Crippen LogP contribution in [0.15, 0.2) is 11.6 Å². The molecule has 0 aliphatic rings. The van der Waals surface area contributed by atoms with Crippen LogP contribution in [0.3, 0.4) is 0 Å². The van der Waals surface area contributed by atoms with Gasteiger partial charge in [-0.2, -0.15) is 0 Å². The number of rotatable bonds is 9. The molecule has 0 saturated carbocycles. The fourth-order valence-corrected chi connectivity index (χ4v) is 2.83. The van der Waals surface area contributed by atoms with Gasteiger partial charge in [0, 0.05) is 17.5 Å². The van der Waals surface area contributed by atoms with Crippen LogP contribution in [0.2, 0.25) is 0 Å².